The summed E-state index contributed by atoms with van der Waals surface area (Å²) in [6, 6.07) is 0.293. The molecule has 1 atom stereocenters. The molecule has 5 heteroatoms. The number of aromatic nitrogens is 3. The van der Waals surface area contributed by atoms with Gasteiger partial charge in [0.2, 0.25) is 5.95 Å². The van der Waals surface area contributed by atoms with Crippen LogP contribution in [0.3, 0.4) is 0 Å². The number of hydrogen-bond donors (Lipinski definition) is 1. The topological polar surface area (TPSA) is 50.7 Å². The fourth-order valence-corrected chi connectivity index (χ4v) is 2.09. The number of alkyl halides is 1. The average molecular weight is 271 g/mol. The summed E-state index contributed by atoms with van der Waals surface area (Å²) in [5.74, 6) is 1.74. The Morgan fingerprint density at radius 2 is 1.78 bits per heavy atom. The molecule has 18 heavy (non-hydrogen) atoms. The molecule has 1 N–H and O–H groups in total. The number of nitrogens with one attached hydrogen (secondary N) is 1. The maximum atomic E-state index is 5.82. The van der Waals surface area contributed by atoms with Gasteiger partial charge in [0.1, 0.15) is 0 Å². The number of hydrogen-bond acceptors (Lipinski definition) is 4. The minimum Gasteiger partial charge on any atom is -0.350 e. The third-order valence-corrected chi connectivity index (χ3v) is 3.27. The lowest BCUT2D eigenvalue weighted by Gasteiger charge is -2.21. The van der Waals surface area contributed by atoms with Gasteiger partial charge in [0, 0.05) is 11.9 Å². The Bertz CT molecular complexity index is 368. The van der Waals surface area contributed by atoms with Gasteiger partial charge in [-0.1, -0.05) is 27.7 Å². The molecule has 0 spiro atoms. The van der Waals surface area contributed by atoms with E-state index in [0.29, 0.717) is 23.8 Å². The highest BCUT2D eigenvalue weighted by atomic mass is 35.5. The summed E-state index contributed by atoms with van der Waals surface area (Å²) in [6.45, 7) is 8.49. The first-order valence-electron chi connectivity index (χ1n) is 6.67. The Balaban J connectivity index is 2.83. The second-order valence-corrected chi connectivity index (χ2v) is 5.09. The van der Waals surface area contributed by atoms with Crippen LogP contribution in [0.1, 0.15) is 45.5 Å². The van der Waals surface area contributed by atoms with Crippen LogP contribution < -0.4 is 5.32 Å². The molecule has 0 aromatic carbocycles. The van der Waals surface area contributed by atoms with Gasteiger partial charge >= 0.3 is 0 Å². The number of nitrogens with zero attached hydrogens (tertiary/aromatic N) is 3. The van der Waals surface area contributed by atoms with Gasteiger partial charge in [-0.3, -0.25) is 0 Å². The Hall–Kier alpha value is -0.900. The Morgan fingerprint density at radius 3 is 2.28 bits per heavy atom. The second kappa shape index (κ2) is 7.52. The molecule has 0 saturated carbocycles. The van der Waals surface area contributed by atoms with Crippen molar-refractivity contribution in [3.63, 3.8) is 0 Å². The molecule has 0 radical (unpaired) electrons. The van der Waals surface area contributed by atoms with Crippen molar-refractivity contribution in [2.75, 3.05) is 11.2 Å². The molecule has 0 aliphatic rings. The summed E-state index contributed by atoms with van der Waals surface area (Å²) in [4.78, 5) is 4.54. The number of halogens is 1. The minimum atomic E-state index is 0.293. The molecule has 1 unspecified atom stereocenters. The number of anilines is 1. The van der Waals surface area contributed by atoms with Crippen LogP contribution in [0.2, 0.25) is 0 Å². The highest BCUT2D eigenvalue weighted by Gasteiger charge is 2.15. The van der Waals surface area contributed by atoms with Crippen molar-refractivity contribution in [3.05, 3.63) is 11.4 Å². The standard InChI is InChI=1S/C13H23ClN4/c1-5-10-11(6-2)17-18-13(15-10)16-12(7-8-14)9(3)4/h9,12H,5-8H2,1-4H3,(H,15,16,18). The van der Waals surface area contributed by atoms with E-state index in [9.17, 15) is 0 Å². The zero-order valence-electron chi connectivity index (χ0n) is 11.7. The van der Waals surface area contributed by atoms with Gasteiger partial charge in [-0.15, -0.1) is 16.7 Å². The first kappa shape index (κ1) is 15.2. The average Bonchev–Trinajstić information content (AvgIpc) is 2.37. The van der Waals surface area contributed by atoms with Crippen LogP contribution in [-0.4, -0.2) is 27.1 Å². The maximum absolute atomic E-state index is 5.82. The molecule has 1 heterocycles. The zero-order valence-corrected chi connectivity index (χ0v) is 12.5. The molecule has 0 saturated heterocycles. The quantitative estimate of drug-likeness (QED) is 0.774. The first-order valence-corrected chi connectivity index (χ1v) is 7.20. The van der Waals surface area contributed by atoms with Gasteiger partial charge in [0.25, 0.3) is 0 Å². The monoisotopic (exact) mass is 270 g/mol. The second-order valence-electron chi connectivity index (χ2n) is 4.71. The van der Waals surface area contributed by atoms with Crippen LogP contribution in [0.4, 0.5) is 5.95 Å². The molecule has 0 bridgehead atoms. The molecule has 0 fully saturated rings. The predicted octanol–water partition coefficient (Wildman–Crippen LogP) is 3.06. The van der Waals surface area contributed by atoms with E-state index in [-0.39, 0.29) is 0 Å². The van der Waals surface area contributed by atoms with Crippen LogP contribution in [0.5, 0.6) is 0 Å². The van der Waals surface area contributed by atoms with Crippen LogP contribution in [0.15, 0.2) is 0 Å². The molecule has 4 nitrogen and oxygen atoms in total. The predicted molar refractivity (Wildman–Crippen MR) is 76.2 cm³/mol. The molecular formula is C13H23ClN4. The molecule has 1 aromatic heterocycles. The van der Waals surface area contributed by atoms with Gasteiger partial charge in [-0.05, 0) is 25.2 Å². The lowest BCUT2D eigenvalue weighted by atomic mass is 10.0. The van der Waals surface area contributed by atoms with E-state index in [2.05, 4.69) is 48.2 Å². The SMILES string of the molecule is CCc1nnc(NC(CCCl)C(C)C)nc1CC. The fourth-order valence-electron chi connectivity index (χ4n) is 1.85. The van der Waals surface area contributed by atoms with E-state index in [0.717, 1.165) is 30.7 Å². The molecular weight excluding hydrogens is 248 g/mol. The van der Waals surface area contributed by atoms with Crippen LogP contribution in [-0.2, 0) is 12.8 Å². The van der Waals surface area contributed by atoms with Gasteiger partial charge in [0.15, 0.2) is 0 Å². The van der Waals surface area contributed by atoms with Gasteiger partial charge < -0.3 is 5.32 Å². The highest BCUT2D eigenvalue weighted by molar-refractivity contribution is 6.17. The first-order chi connectivity index (χ1) is 8.62. The van der Waals surface area contributed by atoms with Crippen molar-refractivity contribution >= 4 is 17.5 Å². The maximum Gasteiger partial charge on any atom is 0.243 e. The highest BCUT2D eigenvalue weighted by Crippen LogP contribution is 2.13. The smallest absolute Gasteiger partial charge is 0.243 e. The molecule has 0 aliphatic carbocycles. The lowest BCUT2D eigenvalue weighted by molar-refractivity contribution is 0.508. The zero-order chi connectivity index (χ0) is 13.5. The number of aryl methyl sites for hydroxylation is 2. The molecule has 1 rings (SSSR count). The summed E-state index contributed by atoms with van der Waals surface area (Å²) >= 11 is 5.82. The lowest BCUT2D eigenvalue weighted by Crippen LogP contribution is -2.27. The van der Waals surface area contributed by atoms with E-state index < -0.39 is 0 Å². The van der Waals surface area contributed by atoms with Gasteiger partial charge in [0.05, 0.1) is 11.4 Å². The summed E-state index contributed by atoms with van der Waals surface area (Å²) in [6.07, 6.45) is 2.66. The van der Waals surface area contributed by atoms with E-state index in [1.54, 1.807) is 0 Å². The largest absolute Gasteiger partial charge is 0.350 e. The van der Waals surface area contributed by atoms with Crippen molar-refractivity contribution in [3.8, 4) is 0 Å². The molecule has 1 aromatic rings. The molecule has 0 amide bonds. The van der Waals surface area contributed by atoms with Crippen LogP contribution in [0.25, 0.3) is 0 Å². The summed E-state index contributed by atoms with van der Waals surface area (Å²) in [5.41, 5.74) is 2.02. The summed E-state index contributed by atoms with van der Waals surface area (Å²) in [5, 5.41) is 11.7. The van der Waals surface area contributed by atoms with Crippen molar-refractivity contribution in [2.24, 2.45) is 5.92 Å². The van der Waals surface area contributed by atoms with E-state index in [4.69, 9.17) is 11.6 Å². The minimum absolute atomic E-state index is 0.293. The van der Waals surface area contributed by atoms with Crippen molar-refractivity contribution in [1.29, 1.82) is 0 Å². The van der Waals surface area contributed by atoms with Crippen molar-refractivity contribution in [1.82, 2.24) is 15.2 Å². The number of rotatable bonds is 7. The van der Waals surface area contributed by atoms with Crippen molar-refractivity contribution < 1.29 is 0 Å². The van der Waals surface area contributed by atoms with E-state index in [1.807, 2.05) is 0 Å². The van der Waals surface area contributed by atoms with Gasteiger partial charge in [-0.25, -0.2) is 4.98 Å². The Kier molecular flexibility index (Phi) is 6.33. The van der Waals surface area contributed by atoms with Crippen LogP contribution in [0, 0.1) is 5.92 Å². The van der Waals surface area contributed by atoms with Gasteiger partial charge in [-0.2, -0.15) is 5.10 Å². The summed E-state index contributed by atoms with van der Waals surface area (Å²) < 4.78 is 0. The van der Waals surface area contributed by atoms with E-state index in [1.165, 1.54) is 0 Å². The van der Waals surface area contributed by atoms with Crippen LogP contribution >= 0.6 is 11.6 Å². The fraction of sp³-hybridized carbons (Fsp3) is 0.769. The van der Waals surface area contributed by atoms with E-state index >= 15 is 0 Å². The third kappa shape index (κ3) is 4.09. The molecule has 0 aliphatic heterocycles. The Morgan fingerprint density at radius 1 is 1.11 bits per heavy atom. The van der Waals surface area contributed by atoms with Crippen molar-refractivity contribution in [2.45, 2.75) is 53.0 Å². The molecule has 102 valence electrons. The Labute approximate surface area is 115 Å². The normalized spacial score (nSPS) is 12.8. The summed E-state index contributed by atoms with van der Waals surface area (Å²) in [7, 11) is 0. The third-order valence-electron chi connectivity index (χ3n) is 3.05.